The van der Waals surface area contributed by atoms with Gasteiger partial charge < -0.3 is 10.6 Å². The number of hydrogen-bond donors (Lipinski definition) is 2. The number of fused-ring (bicyclic) bond motifs is 1. The van der Waals surface area contributed by atoms with Crippen LogP contribution in [0.25, 0.3) is 0 Å². The third-order valence-electron chi connectivity index (χ3n) is 3.83. The smallest absolute Gasteiger partial charge is 0.237 e. The molecule has 2 rings (SSSR count). The fourth-order valence-corrected chi connectivity index (χ4v) is 3.43. The van der Waals surface area contributed by atoms with Gasteiger partial charge >= 0.3 is 0 Å². The summed E-state index contributed by atoms with van der Waals surface area (Å²) in [6.45, 7) is 11.6. The predicted octanol–water partition coefficient (Wildman–Crippen LogP) is 3.03. The molecule has 1 amide bonds. The molecule has 0 aliphatic carbocycles. The maximum atomic E-state index is 12.5. The molecule has 1 aromatic rings. The van der Waals surface area contributed by atoms with E-state index in [1.165, 1.54) is 11.1 Å². The number of rotatable bonds is 3. The summed E-state index contributed by atoms with van der Waals surface area (Å²) in [5.41, 5.74) is 2.60. The molecule has 1 atom stereocenters. The number of carbonyl (C=O) groups excluding carboxylic acids is 1. The zero-order valence-corrected chi connectivity index (χ0v) is 13.9. The van der Waals surface area contributed by atoms with Gasteiger partial charge in [-0.3, -0.25) is 4.79 Å². The number of carbonyl (C=O) groups is 1. The van der Waals surface area contributed by atoms with Crippen molar-refractivity contribution in [1.82, 2.24) is 10.6 Å². The van der Waals surface area contributed by atoms with Gasteiger partial charge in [0.2, 0.25) is 5.91 Å². The van der Waals surface area contributed by atoms with Crippen molar-refractivity contribution in [3.8, 4) is 0 Å². The third kappa shape index (κ3) is 4.57. The highest BCUT2D eigenvalue weighted by atomic mass is 16.2. The molecule has 3 nitrogen and oxygen atoms in total. The highest BCUT2D eigenvalue weighted by Crippen LogP contribution is 2.27. The number of nitrogens with one attached hydrogen (secondary N) is 2. The van der Waals surface area contributed by atoms with Gasteiger partial charge in [-0.05, 0) is 43.2 Å². The van der Waals surface area contributed by atoms with Gasteiger partial charge in [-0.2, -0.15) is 0 Å². The van der Waals surface area contributed by atoms with Gasteiger partial charge in [0.15, 0.2) is 0 Å². The van der Waals surface area contributed by atoms with Crippen LogP contribution in [0.2, 0.25) is 0 Å². The SMILES string of the molecule is CC(C)(C)CC(C)(C)NC(=O)C1Cc2ccccc2CN1. The quantitative estimate of drug-likeness (QED) is 0.897. The highest BCUT2D eigenvalue weighted by molar-refractivity contribution is 5.83. The monoisotopic (exact) mass is 288 g/mol. The Morgan fingerprint density at radius 1 is 1.19 bits per heavy atom. The Morgan fingerprint density at radius 2 is 1.81 bits per heavy atom. The fraction of sp³-hybridized carbons (Fsp3) is 0.611. The van der Waals surface area contributed by atoms with Crippen LogP contribution in [-0.4, -0.2) is 17.5 Å². The molecule has 1 heterocycles. The molecule has 1 aromatic carbocycles. The first-order chi connectivity index (χ1) is 9.66. The summed E-state index contributed by atoms with van der Waals surface area (Å²) in [4.78, 5) is 12.5. The topological polar surface area (TPSA) is 41.1 Å². The van der Waals surface area contributed by atoms with Crippen molar-refractivity contribution < 1.29 is 4.79 Å². The Bertz CT molecular complexity index is 514. The summed E-state index contributed by atoms with van der Waals surface area (Å²) >= 11 is 0. The van der Waals surface area contributed by atoms with E-state index in [9.17, 15) is 4.79 Å². The van der Waals surface area contributed by atoms with E-state index in [0.29, 0.717) is 0 Å². The van der Waals surface area contributed by atoms with Crippen molar-refractivity contribution in [1.29, 1.82) is 0 Å². The van der Waals surface area contributed by atoms with Crippen LogP contribution in [0, 0.1) is 5.41 Å². The van der Waals surface area contributed by atoms with Crippen molar-refractivity contribution in [2.24, 2.45) is 5.41 Å². The first-order valence-corrected chi connectivity index (χ1v) is 7.78. The average Bonchev–Trinajstić information content (AvgIpc) is 2.34. The molecule has 0 aromatic heterocycles. The summed E-state index contributed by atoms with van der Waals surface area (Å²) in [5.74, 6) is 0.110. The molecule has 2 N–H and O–H groups in total. The van der Waals surface area contributed by atoms with Crippen LogP contribution < -0.4 is 10.6 Å². The van der Waals surface area contributed by atoms with Gasteiger partial charge in [-0.25, -0.2) is 0 Å². The largest absolute Gasteiger partial charge is 0.350 e. The lowest BCUT2D eigenvalue weighted by Gasteiger charge is -2.35. The second kappa shape index (κ2) is 5.80. The van der Waals surface area contributed by atoms with Crippen LogP contribution in [-0.2, 0) is 17.8 Å². The molecule has 0 saturated carbocycles. The van der Waals surface area contributed by atoms with E-state index in [4.69, 9.17) is 0 Å². The normalized spacial score (nSPS) is 19.0. The van der Waals surface area contributed by atoms with Crippen LogP contribution in [0.1, 0.15) is 52.2 Å². The third-order valence-corrected chi connectivity index (χ3v) is 3.83. The lowest BCUT2D eigenvalue weighted by atomic mass is 9.81. The lowest BCUT2D eigenvalue weighted by molar-refractivity contribution is -0.125. The maximum absolute atomic E-state index is 12.5. The first-order valence-electron chi connectivity index (χ1n) is 7.78. The molecular formula is C18H28N2O. The molecule has 0 spiro atoms. The van der Waals surface area contributed by atoms with Crippen LogP contribution >= 0.6 is 0 Å². The van der Waals surface area contributed by atoms with Crippen molar-refractivity contribution in [2.45, 2.75) is 65.6 Å². The van der Waals surface area contributed by atoms with E-state index in [-0.39, 0.29) is 22.9 Å². The summed E-state index contributed by atoms with van der Waals surface area (Å²) < 4.78 is 0. The van der Waals surface area contributed by atoms with Gasteiger partial charge in [0.25, 0.3) is 0 Å². The van der Waals surface area contributed by atoms with Crippen molar-refractivity contribution in [3.63, 3.8) is 0 Å². The molecule has 116 valence electrons. The molecule has 1 unspecified atom stereocenters. The van der Waals surface area contributed by atoms with E-state index in [2.05, 4.69) is 57.4 Å². The zero-order valence-electron chi connectivity index (χ0n) is 13.9. The Labute approximate surface area is 128 Å². The van der Waals surface area contributed by atoms with Gasteiger partial charge in [0.05, 0.1) is 6.04 Å². The second-order valence-electron chi connectivity index (χ2n) is 8.02. The summed E-state index contributed by atoms with van der Waals surface area (Å²) in [7, 11) is 0. The Kier molecular flexibility index (Phi) is 4.43. The standard InChI is InChI=1S/C18H28N2O/c1-17(2,3)12-18(4,5)20-16(21)15-10-13-8-6-7-9-14(13)11-19-15/h6-9,15,19H,10-12H2,1-5H3,(H,20,21). The molecule has 21 heavy (non-hydrogen) atoms. The molecule has 0 radical (unpaired) electrons. The Hall–Kier alpha value is -1.35. The summed E-state index contributed by atoms with van der Waals surface area (Å²) in [6, 6.07) is 8.21. The molecule has 1 aliphatic heterocycles. The highest BCUT2D eigenvalue weighted by Gasteiger charge is 2.31. The number of amides is 1. The molecule has 1 aliphatic rings. The minimum absolute atomic E-state index is 0.110. The van der Waals surface area contributed by atoms with Crippen molar-refractivity contribution >= 4 is 5.91 Å². The minimum atomic E-state index is -0.187. The van der Waals surface area contributed by atoms with Crippen LogP contribution in [0.15, 0.2) is 24.3 Å². The second-order valence-corrected chi connectivity index (χ2v) is 8.02. The van der Waals surface area contributed by atoms with Gasteiger partial charge in [-0.1, -0.05) is 45.0 Å². The van der Waals surface area contributed by atoms with Crippen LogP contribution in [0.4, 0.5) is 0 Å². The Morgan fingerprint density at radius 3 is 2.43 bits per heavy atom. The van der Waals surface area contributed by atoms with Crippen LogP contribution in [0.3, 0.4) is 0 Å². The first kappa shape index (κ1) is 16.0. The van der Waals surface area contributed by atoms with E-state index in [1.54, 1.807) is 0 Å². The molecule has 0 fully saturated rings. The van der Waals surface area contributed by atoms with Crippen molar-refractivity contribution in [3.05, 3.63) is 35.4 Å². The molecular weight excluding hydrogens is 260 g/mol. The minimum Gasteiger partial charge on any atom is -0.350 e. The van der Waals surface area contributed by atoms with Gasteiger partial charge in [-0.15, -0.1) is 0 Å². The van der Waals surface area contributed by atoms with E-state index in [1.807, 2.05) is 12.1 Å². The van der Waals surface area contributed by atoms with Crippen molar-refractivity contribution in [2.75, 3.05) is 0 Å². The van der Waals surface area contributed by atoms with Crippen LogP contribution in [0.5, 0.6) is 0 Å². The van der Waals surface area contributed by atoms with E-state index >= 15 is 0 Å². The lowest BCUT2D eigenvalue weighted by Crippen LogP contribution is -2.54. The maximum Gasteiger partial charge on any atom is 0.237 e. The van der Waals surface area contributed by atoms with E-state index < -0.39 is 0 Å². The summed E-state index contributed by atoms with van der Waals surface area (Å²) in [6.07, 6.45) is 1.72. The predicted molar refractivity (Wildman–Crippen MR) is 87.1 cm³/mol. The summed E-state index contributed by atoms with van der Waals surface area (Å²) in [5, 5.41) is 6.56. The van der Waals surface area contributed by atoms with Gasteiger partial charge in [0.1, 0.15) is 0 Å². The molecule has 3 heteroatoms. The Balaban J connectivity index is 1.99. The molecule has 0 saturated heterocycles. The zero-order chi connectivity index (χ0) is 15.7. The molecule has 0 bridgehead atoms. The average molecular weight is 288 g/mol. The fourth-order valence-electron chi connectivity index (χ4n) is 3.43. The van der Waals surface area contributed by atoms with E-state index in [0.717, 1.165) is 19.4 Å². The number of benzene rings is 1. The number of hydrogen-bond acceptors (Lipinski definition) is 2. The van der Waals surface area contributed by atoms with Gasteiger partial charge in [0, 0.05) is 12.1 Å².